The zero-order valence-electron chi connectivity index (χ0n) is 31.5. The van der Waals surface area contributed by atoms with E-state index in [1.165, 1.54) is 88.1 Å². The van der Waals surface area contributed by atoms with Gasteiger partial charge in [-0.05, 0) is 49.6 Å². The molecule has 0 aromatic heterocycles. The third kappa shape index (κ3) is 64.1. The molecule has 0 unspecified atom stereocenters. The molecule has 0 aliphatic rings. The highest BCUT2D eigenvalue weighted by molar-refractivity contribution is 5.15. The van der Waals surface area contributed by atoms with Crippen LogP contribution in [0.2, 0.25) is 0 Å². The van der Waals surface area contributed by atoms with Crippen LogP contribution in [0.15, 0.2) is 61.3 Å². The third-order valence-electron chi connectivity index (χ3n) is 5.07. The molecule has 0 aliphatic heterocycles. The van der Waals surface area contributed by atoms with Crippen LogP contribution in [-0.2, 0) is 0 Å². The first kappa shape index (κ1) is 53.4. The molecule has 2 aromatic rings. The van der Waals surface area contributed by atoms with E-state index >= 15 is 0 Å². The first-order valence-electron chi connectivity index (χ1n) is 17.2. The molecule has 0 fully saturated rings. The summed E-state index contributed by atoms with van der Waals surface area (Å²) in [7, 11) is 0. The van der Waals surface area contributed by atoms with Crippen molar-refractivity contribution in [1.29, 1.82) is 0 Å². The molecule has 0 spiro atoms. The number of halogens is 2. The van der Waals surface area contributed by atoms with Gasteiger partial charge in [0.05, 0.1) is 0 Å². The largest absolute Gasteiger partial charge is 0.405 e. The van der Waals surface area contributed by atoms with Crippen LogP contribution in [0.1, 0.15) is 158 Å². The molecule has 0 amide bonds. The average Bonchev–Trinajstić information content (AvgIpc) is 2.93. The van der Waals surface area contributed by atoms with Crippen LogP contribution in [0.25, 0.3) is 0 Å². The van der Waals surface area contributed by atoms with Crippen molar-refractivity contribution in [2.24, 2.45) is 17.6 Å². The zero-order chi connectivity index (χ0) is 34.9. The molecule has 0 saturated carbocycles. The standard InChI is InChI=1S/2C8H18.C7H6F2.C7H8.2C3H8.C2H5N.C2H6/c2*1-4-6-8(3)7-5-2;1-5-2-6(8)4-7(9)3-5;1-7-5-3-2-4-6-7;2*1-3-2;1-2-3;1-2/h2*8H,4-7H2,1-3H3;2-4H,1H3;2-6H,1H3;2*3H2,1-2H3;2H,1,3H2;1-2H3. The fourth-order valence-electron chi connectivity index (χ4n) is 3.49. The van der Waals surface area contributed by atoms with Gasteiger partial charge >= 0.3 is 0 Å². The Morgan fingerprint density at radius 3 is 1.02 bits per heavy atom. The number of nitrogens with two attached hydrogens (primary N) is 1. The van der Waals surface area contributed by atoms with Gasteiger partial charge in [-0.25, -0.2) is 8.78 Å². The van der Waals surface area contributed by atoms with E-state index in [0.29, 0.717) is 5.56 Å². The minimum absolute atomic E-state index is 0.521. The zero-order valence-corrected chi connectivity index (χ0v) is 31.5. The molecule has 2 aromatic carbocycles. The van der Waals surface area contributed by atoms with Gasteiger partial charge in [0.2, 0.25) is 0 Å². The molecule has 0 saturated heterocycles. The first-order chi connectivity index (χ1) is 20.4. The maximum absolute atomic E-state index is 12.2. The predicted octanol–water partition coefficient (Wildman–Crippen LogP) is 14.7. The third-order valence-corrected chi connectivity index (χ3v) is 5.07. The van der Waals surface area contributed by atoms with Crippen molar-refractivity contribution in [1.82, 2.24) is 0 Å². The van der Waals surface area contributed by atoms with E-state index in [1.54, 1.807) is 6.92 Å². The SMILES string of the molecule is C=CN.CC.CCC.CCC.CCCC(C)CCC.CCCC(C)CCC.Cc1cc(F)cc(F)c1.Cc1ccccc1. The van der Waals surface area contributed by atoms with Gasteiger partial charge in [-0.3, -0.25) is 0 Å². The van der Waals surface area contributed by atoms with E-state index in [9.17, 15) is 8.78 Å². The van der Waals surface area contributed by atoms with E-state index in [1.807, 2.05) is 32.0 Å². The van der Waals surface area contributed by atoms with E-state index in [0.717, 1.165) is 17.9 Å². The van der Waals surface area contributed by atoms with Gasteiger partial charge in [-0.1, -0.05) is 190 Å². The summed E-state index contributed by atoms with van der Waals surface area (Å²) in [5.41, 5.74) is 6.54. The Kier molecular flexibility index (Phi) is 61.5. The van der Waals surface area contributed by atoms with E-state index in [4.69, 9.17) is 0 Å². The number of hydrogen-bond donors (Lipinski definition) is 1. The summed E-state index contributed by atoms with van der Waals surface area (Å²) in [6, 6.07) is 13.7. The summed E-state index contributed by atoms with van der Waals surface area (Å²) >= 11 is 0. The van der Waals surface area contributed by atoms with Crippen molar-refractivity contribution in [3.63, 3.8) is 0 Å². The molecule has 256 valence electrons. The van der Waals surface area contributed by atoms with Crippen molar-refractivity contribution in [2.75, 3.05) is 0 Å². The Hall–Kier alpha value is -2.16. The summed E-state index contributed by atoms with van der Waals surface area (Å²) in [6.07, 6.45) is 14.8. The maximum atomic E-state index is 12.2. The quantitative estimate of drug-likeness (QED) is 0.316. The van der Waals surface area contributed by atoms with Crippen molar-refractivity contribution >= 4 is 0 Å². The summed E-state index contributed by atoms with van der Waals surface area (Å²) in [4.78, 5) is 0. The van der Waals surface area contributed by atoms with Gasteiger partial charge in [0.1, 0.15) is 11.6 Å². The van der Waals surface area contributed by atoms with Crippen LogP contribution < -0.4 is 5.73 Å². The average molecular weight is 610 g/mol. The summed E-state index contributed by atoms with van der Waals surface area (Å²) in [5, 5.41) is 0. The second-order valence-corrected chi connectivity index (χ2v) is 10.6. The molecular formula is C40H77F2N. The van der Waals surface area contributed by atoms with Crippen LogP contribution in [0.5, 0.6) is 0 Å². The molecule has 0 radical (unpaired) electrons. The highest BCUT2D eigenvalue weighted by Gasteiger charge is 1.96. The molecule has 0 bridgehead atoms. The van der Waals surface area contributed by atoms with Gasteiger partial charge in [0, 0.05) is 6.07 Å². The first-order valence-corrected chi connectivity index (χ1v) is 17.2. The second-order valence-electron chi connectivity index (χ2n) is 10.6. The molecule has 43 heavy (non-hydrogen) atoms. The second kappa shape index (κ2) is 49.5. The van der Waals surface area contributed by atoms with Crippen LogP contribution in [0.3, 0.4) is 0 Å². The van der Waals surface area contributed by atoms with Gasteiger partial charge in [0.25, 0.3) is 0 Å². The molecular weight excluding hydrogens is 532 g/mol. The number of rotatable bonds is 8. The Labute approximate surface area is 271 Å². The summed E-state index contributed by atoms with van der Waals surface area (Å²) < 4.78 is 24.4. The van der Waals surface area contributed by atoms with Gasteiger partial charge < -0.3 is 5.73 Å². The number of hydrogen-bond acceptors (Lipinski definition) is 1. The lowest BCUT2D eigenvalue weighted by Gasteiger charge is -2.05. The van der Waals surface area contributed by atoms with Crippen molar-refractivity contribution in [3.05, 3.63) is 84.1 Å². The highest BCUT2D eigenvalue weighted by atomic mass is 19.1. The topological polar surface area (TPSA) is 26.0 Å². The van der Waals surface area contributed by atoms with Crippen LogP contribution in [0, 0.1) is 37.3 Å². The van der Waals surface area contributed by atoms with E-state index < -0.39 is 11.6 Å². The van der Waals surface area contributed by atoms with E-state index in [2.05, 4.69) is 101 Å². The van der Waals surface area contributed by atoms with Gasteiger partial charge in [-0.2, -0.15) is 0 Å². The van der Waals surface area contributed by atoms with Crippen molar-refractivity contribution < 1.29 is 8.78 Å². The van der Waals surface area contributed by atoms with Crippen molar-refractivity contribution in [3.8, 4) is 0 Å². The van der Waals surface area contributed by atoms with E-state index in [-0.39, 0.29) is 0 Å². The Morgan fingerprint density at radius 1 is 0.605 bits per heavy atom. The highest BCUT2D eigenvalue weighted by Crippen LogP contribution is 2.11. The number of aryl methyl sites for hydroxylation is 2. The summed E-state index contributed by atoms with van der Waals surface area (Å²) in [5.74, 6) is 0.884. The molecule has 0 aliphatic carbocycles. The molecule has 0 atom stereocenters. The van der Waals surface area contributed by atoms with Gasteiger partial charge in [0.15, 0.2) is 0 Å². The minimum atomic E-state index is -0.521. The molecule has 2 N–H and O–H groups in total. The monoisotopic (exact) mass is 610 g/mol. The normalized spacial score (nSPS) is 8.60. The van der Waals surface area contributed by atoms with Gasteiger partial charge in [-0.15, -0.1) is 0 Å². The number of benzene rings is 2. The Balaban J connectivity index is -0.0000000956. The Bertz CT molecular complexity index is 637. The molecule has 2 rings (SSSR count). The molecule has 1 nitrogen and oxygen atoms in total. The maximum Gasteiger partial charge on any atom is 0.126 e. The minimum Gasteiger partial charge on any atom is -0.405 e. The summed E-state index contributed by atoms with van der Waals surface area (Å²) in [6.45, 7) is 33.1. The smallest absolute Gasteiger partial charge is 0.126 e. The Morgan fingerprint density at radius 2 is 0.860 bits per heavy atom. The van der Waals surface area contributed by atoms with Crippen LogP contribution >= 0.6 is 0 Å². The van der Waals surface area contributed by atoms with Crippen molar-refractivity contribution in [2.45, 2.75) is 161 Å². The predicted molar refractivity (Wildman–Crippen MR) is 198 cm³/mol. The molecule has 3 heteroatoms. The lowest BCUT2D eigenvalue weighted by Crippen LogP contribution is -1.91. The fraction of sp³-hybridized carbons (Fsp3) is 0.650. The lowest BCUT2D eigenvalue weighted by molar-refractivity contribution is 0.480. The lowest BCUT2D eigenvalue weighted by atomic mass is 10.0. The molecule has 0 heterocycles. The van der Waals surface area contributed by atoms with Crippen LogP contribution in [0.4, 0.5) is 8.78 Å². The van der Waals surface area contributed by atoms with Crippen LogP contribution in [-0.4, -0.2) is 0 Å². The fourth-order valence-corrected chi connectivity index (χ4v) is 3.49.